The second kappa shape index (κ2) is 3.32. The molecular formula is C11H10N2S. The zero-order valence-electron chi connectivity index (χ0n) is 7.87. The Kier molecular flexibility index (Phi) is 2.14. The summed E-state index contributed by atoms with van der Waals surface area (Å²) in [6, 6.07) is 8.15. The van der Waals surface area contributed by atoms with Gasteiger partial charge in [-0.1, -0.05) is 6.07 Å². The lowest BCUT2D eigenvalue weighted by molar-refractivity contribution is 1.32. The monoisotopic (exact) mass is 202 g/mol. The first kappa shape index (κ1) is 9.04. The molecule has 0 spiro atoms. The van der Waals surface area contributed by atoms with Gasteiger partial charge in [-0.2, -0.15) is 5.26 Å². The summed E-state index contributed by atoms with van der Waals surface area (Å²) >= 11 is 1.66. The number of rotatable bonds is 1. The van der Waals surface area contributed by atoms with Crippen molar-refractivity contribution in [2.75, 3.05) is 5.73 Å². The van der Waals surface area contributed by atoms with Gasteiger partial charge in [-0.05, 0) is 30.0 Å². The first-order valence-electron chi connectivity index (χ1n) is 4.37. The molecule has 2 nitrogen and oxygen atoms in total. The van der Waals surface area contributed by atoms with Crippen LogP contribution >= 0.6 is 11.3 Å². The van der Waals surface area contributed by atoms with Crippen LogP contribution < -0.4 is 5.73 Å². The minimum absolute atomic E-state index is 0.485. The number of anilines is 1. The van der Waals surface area contributed by atoms with E-state index in [2.05, 4.69) is 12.1 Å². The average molecular weight is 202 g/mol. The van der Waals surface area contributed by atoms with Gasteiger partial charge in [0.05, 0.1) is 12.5 Å². The van der Waals surface area contributed by atoms with Crippen LogP contribution in [0.2, 0.25) is 0 Å². The van der Waals surface area contributed by atoms with E-state index in [0.29, 0.717) is 6.42 Å². The number of benzene rings is 1. The molecule has 14 heavy (non-hydrogen) atoms. The average Bonchev–Trinajstić information content (AvgIpc) is 2.56. The molecule has 1 aromatic heterocycles. The summed E-state index contributed by atoms with van der Waals surface area (Å²) in [6.45, 7) is 2.02. The molecule has 1 heterocycles. The number of nitrogen functional groups attached to an aromatic ring is 1. The second-order valence-corrected chi connectivity index (χ2v) is 4.38. The maximum atomic E-state index is 8.60. The van der Waals surface area contributed by atoms with Gasteiger partial charge in [-0.25, -0.2) is 0 Å². The first-order valence-corrected chi connectivity index (χ1v) is 5.18. The Balaban J connectivity index is 2.66. The van der Waals surface area contributed by atoms with Crippen LogP contribution in [0.5, 0.6) is 0 Å². The molecule has 70 valence electrons. The van der Waals surface area contributed by atoms with E-state index in [9.17, 15) is 0 Å². The van der Waals surface area contributed by atoms with Crippen LogP contribution in [0.25, 0.3) is 10.1 Å². The van der Waals surface area contributed by atoms with Gasteiger partial charge in [0.15, 0.2) is 0 Å². The highest BCUT2D eigenvalue weighted by Crippen LogP contribution is 2.31. The van der Waals surface area contributed by atoms with E-state index < -0.39 is 0 Å². The summed E-state index contributed by atoms with van der Waals surface area (Å²) in [5, 5.41) is 9.79. The van der Waals surface area contributed by atoms with Crippen molar-refractivity contribution < 1.29 is 0 Å². The largest absolute Gasteiger partial charge is 0.398 e. The standard InChI is InChI=1S/C11H10N2S/c1-7-10(13)3-2-8-6-9(4-5-12)14-11(7)8/h2-3,6H,4,13H2,1H3. The van der Waals surface area contributed by atoms with E-state index in [-0.39, 0.29) is 0 Å². The molecule has 0 radical (unpaired) electrons. The van der Waals surface area contributed by atoms with Gasteiger partial charge >= 0.3 is 0 Å². The molecule has 0 saturated heterocycles. The molecule has 0 bridgehead atoms. The highest BCUT2D eigenvalue weighted by atomic mass is 32.1. The van der Waals surface area contributed by atoms with Crippen molar-refractivity contribution in [1.82, 2.24) is 0 Å². The molecular weight excluding hydrogens is 192 g/mol. The first-order chi connectivity index (χ1) is 6.72. The molecule has 3 heteroatoms. The minimum atomic E-state index is 0.485. The fourth-order valence-corrected chi connectivity index (χ4v) is 2.58. The van der Waals surface area contributed by atoms with Crippen LogP contribution in [0.15, 0.2) is 18.2 Å². The van der Waals surface area contributed by atoms with E-state index in [4.69, 9.17) is 11.0 Å². The molecule has 1 aromatic carbocycles. The Morgan fingerprint density at radius 2 is 2.29 bits per heavy atom. The Bertz CT molecular complexity index is 520. The number of aryl methyl sites for hydroxylation is 1. The quantitative estimate of drug-likeness (QED) is 0.723. The summed E-state index contributed by atoms with van der Waals surface area (Å²) in [5.41, 5.74) is 7.75. The highest BCUT2D eigenvalue weighted by molar-refractivity contribution is 7.19. The van der Waals surface area contributed by atoms with Gasteiger partial charge < -0.3 is 5.73 Å². The lowest BCUT2D eigenvalue weighted by Gasteiger charge is -1.99. The number of hydrogen-bond donors (Lipinski definition) is 1. The van der Waals surface area contributed by atoms with Gasteiger partial charge in [0.1, 0.15) is 0 Å². The van der Waals surface area contributed by atoms with E-state index in [1.807, 2.05) is 19.1 Å². The van der Waals surface area contributed by atoms with E-state index in [1.54, 1.807) is 11.3 Å². The number of nitrogens with zero attached hydrogens (tertiary/aromatic N) is 1. The number of fused-ring (bicyclic) bond motifs is 1. The Morgan fingerprint density at radius 1 is 1.50 bits per heavy atom. The third-order valence-electron chi connectivity index (χ3n) is 2.28. The fraction of sp³-hybridized carbons (Fsp3) is 0.182. The molecule has 0 saturated carbocycles. The van der Waals surface area contributed by atoms with Crippen molar-refractivity contribution in [1.29, 1.82) is 5.26 Å². The van der Waals surface area contributed by atoms with Crippen molar-refractivity contribution in [2.45, 2.75) is 13.3 Å². The smallest absolute Gasteiger partial charge is 0.0696 e. The number of nitrogens with two attached hydrogens (primary N) is 1. The Labute approximate surface area is 86.6 Å². The van der Waals surface area contributed by atoms with Crippen LogP contribution in [-0.4, -0.2) is 0 Å². The number of thiophene rings is 1. The molecule has 0 atom stereocenters. The van der Waals surface area contributed by atoms with Gasteiger partial charge in [-0.3, -0.25) is 0 Å². The second-order valence-electron chi connectivity index (χ2n) is 3.25. The van der Waals surface area contributed by atoms with Crippen molar-refractivity contribution >= 4 is 27.1 Å². The van der Waals surface area contributed by atoms with Crippen molar-refractivity contribution in [3.63, 3.8) is 0 Å². The minimum Gasteiger partial charge on any atom is -0.398 e. The third-order valence-corrected chi connectivity index (χ3v) is 3.55. The van der Waals surface area contributed by atoms with Crippen LogP contribution in [0, 0.1) is 18.3 Å². The summed E-state index contributed by atoms with van der Waals surface area (Å²) < 4.78 is 1.20. The topological polar surface area (TPSA) is 49.8 Å². The van der Waals surface area contributed by atoms with Gasteiger partial charge in [0.25, 0.3) is 0 Å². The molecule has 0 aliphatic heterocycles. The Hall–Kier alpha value is -1.53. The number of hydrogen-bond acceptors (Lipinski definition) is 3. The third kappa shape index (κ3) is 1.34. The van der Waals surface area contributed by atoms with Gasteiger partial charge in [0, 0.05) is 15.3 Å². The zero-order chi connectivity index (χ0) is 10.1. The summed E-state index contributed by atoms with van der Waals surface area (Å²) in [5.74, 6) is 0. The number of nitriles is 1. The lowest BCUT2D eigenvalue weighted by atomic mass is 10.1. The molecule has 0 aliphatic rings. The van der Waals surface area contributed by atoms with E-state index >= 15 is 0 Å². The molecule has 2 rings (SSSR count). The van der Waals surface area contributed by atoms with Crippen LogP contribution in [0.4, 0.5) is 5.69 Å². The normalized spacial score (nSPS) is 10.3. The van der Waals surface area contributed by atoms with Crippen LogP contribution in [0.1, 0.15) is 10.4 Å². The maximum absolute atomic E-state index is 8.60. The lowest BCUT2D eigenvalue weighted by Crippen LogP contribution is -1.87. The van der Waals surface area contributed by atoms with Crippen LogP contribution in [-0.2, 0) is 6.42 Å². The predicted octanol–water partition coefficient (Wildman–Crippen LogP) is 2.86. The van der Waals surface area contributed by atoms with Gasteiger partial charge in [-0.15, -0.1) is 11.3 Å². The molecule has 2 N–H and O–H groups in total. The molecule has 0 amide bonds. The van der Waals surface area contributed by atoms with Crippen LogP contribution in [0.3, 0.4) is 0 Å². The van der Waals surface area contributed by atoms with Crippen molar-refractivity contribution in [2.24, 2.45) is 0 Å². The van der Waals surface area contributed by atoms with E-state index in [0.717, 1.165) is 16.1 Å². The SMILES string of the molecule is Cc1c(N)ccc2cc(CC#N)sc12. The predicted molar refractivity (Wildman–Crippen MR) is 60.3 cm³/mol. The fourth-order valence-electron chi connectivity index (χ4n) is 1.48. The summed E-state index contributed by atoms with van der Waals surface area (Å²) in [7, 11) is 0. The maximum Gasteiger partial charge on any atom is 0.0696 e. The summed E-state index contributed by atoms with van der Waals surface area (Å²) in [4.78, 5) is 1.11. The molecule has 2 aromatic rings. The molecule has 0 unspecified atom stereocenters. The van der Waals surface area contributed by atoms with Gasteiger partial charge in [0.2, 0.25) is 0 Å². The van der Waals surface area contributed by atoms with Crippen molar-refractivity contribution in [3.05, 3.63) is 28.6 Å². The summed E-state index contributed by atoms with van der Waals surface area (Å²) in [6.07, 6.45) is 0.485. The van der Waals surface area contributed by atoms with E-state index in [1.165, 1.54) is 10.1 Å². The molecule has 0 fully saturated rings. The van der Waals surface area contributed by atoms with Crippen molar-refractivity contribution in [3.8, 4) is 6.07 Å². The Morgan fingerprint density at radius 3 is 3.00 bits per heavy atom. The highest BCUT2D eigenvalue weighted by Gasteiger charge is 2.05. The molecule has 0 aliphatic carbocycles. The zero-order valence-corrected chi connectivity index (χ0v) is 8.69.